The zero-order valence-electron chi connectivity index (χ0n) is 10.8. The first-order chi connectivity index (χ1) is 8.58. The third kappa shape index (κ3) is 2.96. The summed E-state index contributed by atoms with van der Waals surface area (Å²) in [6, 6.07) is 3.44. The Balaban J connectivity index is 2.02. The molecule has 0 aliphatic heterocycles. The van der Waals surface area contributed by atoms with Gasteiger partial charge in [-0.15, -0.1) is 0 Å². The highest BCUT2D eigenvalue weighted by atomic mass is 32.2. The Hall–Kier alpha value is -1.23. The first-order valence-corrected chi connectivity index (χ1v) is 7.41. The van der Waals surface area contributed by atoms with Gasteiger partial charge in [0.05, 0.1) is 0 Å². The van der Waals surface area contributed by atoms with Gasteiger partial charge in [-0.25, -0.2) is 4.98 Å². The molecule has 18 heavy (non-hydrogen) atoms. The molecular weight excluding hydrogens is 246 g/mol. The summed E-state index contributed by atoms with van der Waals surface area (Å²) < 4.78 is 0.280. The van der Waals surface area contributed by atoms with Crippen molar-refractivity contribution in [3.8, 4) is 0 Å². The smallest absolute Gasteiger partial charge is 0.251 e. The van der Waals surface area contributed by atoms with E-state index >= 15 is 0 Å². The Kier molecular flexibility index (Phi) is 3.80. The van der Waals surface area contributed by atoms with E-state index in [0.29, 0.717) is 11.4 Å². The molecule has 0 aromatic carbocycles. The lowest BCUT2D eigenvalue weighted by Crippen LogP contribution is -2.31. The Labute approximate surface area is 112 Å². The first kappa shape index (κ1) is 13.2. The van der Waals surface area contributed by atoms with Crippen molar-refractivity contribution < 1.29 is 4.79 Å². The summed E-state index contributed by atoms with van der Waals surface area (Å²) in [5.41, 5.74) is 7.16. The summed E-state index contributed by atoms with van der Waals surface area (Å²) in [6.07, 6.45) is 5.25. The van der Waals surface area contributed by atoms with Crippen LogP contribution in [-0.2, 0) is 6.42 Å². The van der Waals surface area contributed by atoms with Crippen LogP contribution in [0.2, 0.25) is 0 Å². The molecule has 3 N–H and O–H groups in total. The number of aryl methyl sites for hydroxylation is 1. The zero-order valence-corrected chi connectivity index (χ0v) is 11.6. The van der Waals surface area contributed by atoms with Gasteiger partial charge in [-0.2, -0.15) is 11.8 Å². The fraction of sp³-hybridized carbons (Fsp3) is 0.538. The third-order valence-electron chi connectivity index (χ3n) is 3.33. The minimum absolute atomic E-state index is 0.0564. The molecule has 4 nitrogen and oxygen atoms in total. The van der Waals surface area contributed by atoms with Crippen LogP contribution >= 0.6 is 11.8 Å². The van der Waals surface area contributed by atoms with Crippen molar-refractivity contribution in [2.45, 2.75) is 30.9 Å². The Morgan fingerprint density at radius 3 is 2.83 bits per heavy atom. The number of aromatic nitrogens is 1. The van der Waals surface area contributed by atoms with Crippen LogP contribution in [0.1, 0.15) is 35.8 Å². The maximum Gasteiger partial charge on any atom is 0.251 e. The number of amides is 1. The van der Waals surface area contributed by atoms with Crippen LogP contribution in [0.5, 0.6) is 0 Å². The first-order valence-electron chi connectivity index (χ1n) is 6.18. The molecule has 0 radical (unpaired) electrons. The van der Waals surface area contributed by atoms with Crippen LogP contribution in [0.4, 0.5) is 5.82 Å². The van der Waals surface area contributed by atoms with Crippen molar-refractivity contribution in [1.29, 1.82) is 0 Å². The number of nitrogens with two attached hydrogens (primary N) is 1. The number of hydrogen-bond donors (Lipinski definition) is 2. The molecule has 0 atom stereocenters. The highest BCUT2D eigenvalue weighted by Gasteiger charge is 2.41. The fourth-order valence-electron chi connectivity index (χ4n) is 1.86. The van der Waals surface area contributed by atoms with E-state index in [4.69, 9.17) is 5.73 Å². The Bertz CT molecular complexity index is 458. The van der Waals surface area contributed by atoms with Crippen LogP contribution in [0.3, 0.4) is 0 Å². The quantitative estimate of drug-likeness (QED) is 0.852. The van der Waals surface area contributed by atoms with Crippen molar-refractivity contribution in [2.24, 2.45) is 0 Å². The standard InChI is InChI=1S/C13H19N3OS/c1-3-10-6-9(7-11(14)16-10)12(17)15-8-13(18-2)4-5-13/h6-7H,3-5,8H2,1-2H3,(H2,14,16)(H,15,17). The molecule has 0 bridgehead atoms. The summed E-state index contributed by atoms with van der Waals surface area (Å²) in [6.45, 7) is 2.73. The van der Waals surface area contributed by atoms with Gasteiger partial charge < -0.3 is 11.1 Å². The summed E-state index contributed by atoms with van der Waals surface area (Å²) in [7, 11) is 0. The molecule has 1 saturated carbocycles. The maximum absolute atomic E-state index is 12.1. The molecule has 1 aliphatic carbocycles. The van der Waals surface area contributed by atoms with Gasteiger partial charge >= 0.3 is 0 Å². The molecule has 0 spiro atoms. The lowest BCUT2D eigenvalue weighted by molar-refractivity contribution is 0.0953. The van der Waals surface area contributed by atoms with Crippen LogP contribution in [0, 0.1) is 0 Å². The molecule has 1 aromatic heterocycles. The van der Waals surface area contributed by atoms with Crippen molar-refractivity contribution in [1.82, 2.24) is 10.3 Å². The van der Waals surface area contributed by atoms with E-state index in [1.54, 1.807) is 6.07 Å². The lowest BCUT2D eigenvalue weighted by atomic mass is 10.2. The number of carbonyl (C=O) groups is 1. The normalized spacial score (nSPS) is 16.3. The molecule has 98 valence electrons. The zero-order chi connectivity index (χ0) is 13.2. The van der Waals surface area contributed by atoms with Gasteiger partial charge in [0.25, 0.3) is 5.91 Å². The SMILES string of the molecule is CCc1cc(C(=O)NCC2(SC)CC2)cc(N)n1. The Morgan fingerprint density at radius 1 is 1.56 bits per heavy atom. The highest BCUT2D eigenvalue weighted by Crippen LogP contribution is 2.46. The molecule has 0 unspecified atom stereocenters. The van der Waals surface area contributed by atoms with Gasteiger partial charge in [0.15, 0.2) is 0 Å². The molecule has 2 rings (SSSR count). The Morgan fingerprint density at radius 2 is 2.28 bits per heavy atom. The van der Waals surface area contributed by atoms with E-state index in [-0.39, 0.29) is 10.7 Å². The number of carbonyl (C=O) groups excluding carboxylic acids is 1. The summed E-state index contributed by atoms with van der Waals surface area (Å²) in [5, 5.41) is 2.99. The lowest BCUT2D eigenvalue weighted by Gasteiger charge is -2.13. The van der Waals surface area contributed by atoms with Crippen LogP contribution < -0.4 is 11.1 Å². The van der Waals surface area contributed by atoms with Crippen molar-refractivity contribution in [3.63, 3.8) is 0 Å². The topological polar surface area (TPSA) is 68.0 Å². The maximum atomic E-state index is 12.1. The molecule has 1 aromatic rings. The largest absolute Gasteiger partial charge is 0.384 e. The average Bonchev–Trinajstić information content (AvgIpc) is 3.16. The predicted molar refractivity (Wildman–Crippen MR) is 75.8 cm³/mol. The van der Waals surface area contributed by atoms with Crippen LogP contribution in [-0.4, -0.2) is 28.4 Å². The van der Waals surface area contributed by atoms with Crippen molar-refractivity contribution >= 4 is 23.5 Å². The second-order valence-corrected chi connectivity index (χ2v) is 5.97. The van der Waals surface area contributed by atoms with E-state index < -0.39 is 0 Å². The fourth-order valence-corrected chi connectivity index (χ4v) is 2.59. The van der Waals surface area contributed by atoms with Gasteiger partial charge in [0.1, 0.15) is 5.82 Å². The monoisotopic (exact) mass is 265 g/mol. The van der Waals surface area contributed by atoms with Gasteiger partial charge in [-0.3, -0.25) is 4.79 Å². The second kappa shape index (κ2) is 5.18. The molecule has 1 fully saturated rings. The van der Waals surface area contributed by atoms with E-state index in [1.807, 2.05) is 24.8 Å². The predicted octanol–water partition coefficient (Wildman–Crippen LogP) is 1.85. The molecular formula is C13H19N3OS. The number of anilines is 1. The second-order valence-electron chi connectivity index (χ2n) is 4.70. The molecule has 1 heterocycles. The number of hydrogen-bond acceptors (Lipinski definition) is 4. The minimum atomic E-state index is -0.0564. The summed E-state index contributed by atoms with van der Waals surface area (Å²) in [4.78, 5) is 16.2. The average molecular weight is 265 g/mol. The van der Waals surface area contributed by atoms with Crippen molar-refractivity contribution in [3.05, 3.63) is 23.4 Å². The number of thioether (sulfide) groups is 1. The van der Waals surface area contributed by atoms with Gasteiger partial charge in [-0.1, -0.05) is 6.92 Å². The molecule has 1 aliphatic rings. The van der Waals surface area contributed by atoms with Crippen molar-refractivity contribution in [2.75, 3.05) is 18.5 Å². The number of nitrogens with one attached hydrogen (secondary N) is 1. The minimum Gasteiger partial charge on any atom is -0.384 e. The highest BCUT2D eigenvalue weighted by molar-refractivity contribution is 8.00. The number of pyridine rings is 1. The summed E-state index contributed by atoms with van der Waals surface area (Å²) >= 11 is 1.83. The molecule has 1 amide bonds. The number of nitrogens with zero attached hydrogens (tertiary/aromatic N) is 1. The number of nitrogen functional groups attached to an aromatic ring is 1. The van der Waals surface area contributed by atoms with E-state index in [9.17, 15) is 4.79 Å². The van der Waals surface area contributed by atoms with E-state index in [1.165, 1.54) is 12.8 Å². The van der Waals surface area contributed by atoms with Crippen LogP contribution in [0.25, 0.3) is 0 Å². The van der Waals surface area contributed by atoms with Gasteiger partial charge in [0.2, 0.25) is 0 Å². The van der Waals surface area contributed by atoms with E-state index in [0.717, 1.165) is 18.7 Å². The van der Waals surface area contributed by atoms with Gasteiger partial charge in [0, 0.05) is 22.5 Å². The molecule has 0 saturated heterocycles. The summed E-state index contributed by atoms with van der Waals surface area (Å²) in [5.74, 6) is 0.352. The van der Waals surface area contributed by atoms with E-state index in [2.05, 4.69) is 16.6 Å². The number of rotatable bonds is 5. The third-order valence-corrected chi connectivity index (χ3v) is 4.75. The molecule has 5 heteroatoms. The van der Waals surface area contributed by atoms with Crippen LogP contribution in [0.15, 0.2) is 12.1 Å². The van der Waals surface area contributed by atoms with Gasteiger partial charge in [-0.05, 0) is 37.7 Å².